The zero-order valence-corrected chi connectivity index (χ0v) is 15.3. The van der Waals surface area contributed by atoms with Gasteiger partial charge in [-0.05, 0) is 12.8 Å². The van der Waals surface area contributed by atoms with E-state index in [-0.39, 0.29) is 5.75 Å². The number of nitrogens with zero attached hydrogens (tertiary/aromatic N) is 3. The van der Waals surface area contributed by atoms with Crippen molar-refractivity contribution in [1.82, 2.24) is 19.9 Å². The zero-order valence-electron chi connectivity index (χ0n) is 13.7. The summed E-state index contributed by atoms with van der Waals surface area (Å²) in [6.07, 6.45) is 4.53. The van der Waals surface area contributed by atoms with E-state index in [4.69, 9.17) is 0 Å². The van der Waals surface area contributed by atoms with E-state index < -0.39 is 10.0 Å². The Morgan fingerprint density at radius 1 is 1.43 bits per heavy atom. The van der Waals surface area contributed by atoms with Gasteiger partial charge in [0.25, 0.3) is 0 Å². The van der Waals surface area contributed by atoms with Gasteiger partial charge in [0, 0.05) is 50.7 Å². The van der Waals surface area contributed by atoms with Crippen LogP contribution in [0.15, 0.2) is 11.2 Å². The normalized spacial score (nSPS) is 18.3. The molecule has 0 radical (unpaired) electrons. The highest BCUT2D eigenvalue weighted by Gasteiger charge is 2.27. The van der Waals surface area contributed by atoms with Gasteiger partial charge in [0.05, 0.1) is 10.8 Å². The maximum absolute atomic E-state index is 11.7. The van der Waals surface area contributed by atoms with Crippen LogP contribution in [0.2, 0.25) is 0 Å². The third kappa shape index (κ3) is 5.43. The summed E-state index contributed by atoms with van der Waals surface area (Å²) >= 11 is 1.74. The van der Waals surface area contributed by atoms with Crippen LogP contribution >= 0.6 is 11.3 Å². The second-order valence-electron chi connectivity index (χ2n) is 5.32. The van der Waals surface area contributed by atoms with E-state index in [1.807, 2.05) is 6.20 Å². The van der Waals surface area contributed by atoms with E-state index in [0.717, 1.165) is 30.8 Å². The second kappa shape index (κ2) is 8.60. The van der Waals surface area contributed by atoms with Crippen LogP contribution in [-0.4, -0.2) is 62.6 Å². The molecule has 0 aromatic carbocycles. The van der Waals surface area contributed by atoms with Gasteiger partial charge in [0.15, 0.2) is 5.96 Å². The number of aliphatic imine (C=N–C) groups is 1. The summed E-state index contributed by atoms with van der Waals surface area (Å²) in [6, 6.07) is 0. The molecule has 0 amide bonds. The minimum absolute atomic E-state index is 0.271. The fourth-order valence-electron chi connectivity index (χ4n) is 2.38. The highest BCUT2D eigenvalue weighted by molar-refractivity contribution is 7.89. The number of rotatable bonds is 7. The van der Waals surface area contributed by atoms with Crippen molar-refractivity contribution in [1.29, 1.82) is 0 Å². The molecule has 0 saturated carbocycles. The third-order valence-electron chi connectivity index (χ3n) is 3.66. The number of sulfonamides is 1. The minimum Gasteiger partial charge on any atom is -0.356 e. The molecular weight excluding hydrogens is 334 g/mol. The fraction of sp³-hybridized carbons (Fsp3) is 0.714. The van der Waals surface area contributed by atoms with Crippen molar-refractivity contribution < 1.29 is 8.42 Å². The lowest BCUT2D eigenvalue weighted by molar-refractivity contribution is 0.445. The summed E-state index contributed by atoms with van der Waals surface area (Å²) in [5.41, 5.74) is 0. The Bertz CT molecular complexity index is 627. The number of guanidine groups is 1. The van der Waals surface area contributed by atoms with Crippen molar-refractivity contribution >= 4 is 27.3 Å². The van der Waals surface area contributed by atoms with Crippen LogP contribution in [0.5, 0.6) is 0 Å². The molecule has 1 aliphatic heterocycles. The molecule has 130 valence electrons. The minimum atomic E-state index is -3.02. The summed E-state index contributed by atoms with van der Waals surface area (Å²) in [5, 5.41) is 7.50. The molecule has 1 aromatic heterocycles. The molecule has 0 atom stereocenters. The van der Waals surface area contributed by atoms with Crippen LogP contribution in [-0.2, 0) is 22.9 Å². The standard InChI is InChI=1S/C14H25N5O2S2/c1-3-12-11-18-13(22-12)5-6-16-14(15-2)17-7-9-19-8-4-10-23(19,20)21/h11H,3-10H2,1-2H3,(H2,15,16,17). The van der Waals surface area contributed by atoms with E-state index in [2.05, 4.69) is 27.5 Å². The number of nitrogens with one attached hydrogen (secondary N) is 2. The van der Waals surface area contributed by atoms with E-state index >= 15 is 0 Å². The lowest BCUT2D eigenvalue weighted by Gasteiger charge is -2.16. The van der Waals surface area contributed by atoms with Crippen LogP contribution in [0, 0.1) is 0 Å². The van der Waals surface area contributed by atoms with Crippen LogP contribution in [0.1, 0.15) is 23.2 Å². The van der Waals surface area contributed by atoms with E-state index in [1.54, 1.807) is 18.4 Å². The summed E-state index contributed by atoms with van der Waals surface area (Å²) in [5.74, 6) is 0.960. The molecule has 1 aliphatic rings. The molecular formula is C14H25N5O2S2. The Hall–Kier alpha value is -1.19. The number of aryl methyl sites for hydroxylation is 1. The van der Waals surface area contributed by atoms with Crippen molar-refractivity contribution in [2.75, 3.05) is 39.0 Å². The van der Waals surface area contributed by atoms with E-state index in [1.165, 1.54) is 9.18 Å². The summed E-state index contributed by atoms with van der Waals surface area (Å²) in [6.45, 7) is 4.53. The number of hydrogen-bond acceptors (Lipinski definition) is 5. The topological polar surface area (TPSA) is 86.7 Å². The Kier molecular flexibility index (Phi) is 6.79. The predicted molar refractivity (Wildman–Crippen MR) is 94.5 cm³/mol. The van der Waals surface area contributed by atoms with Gasteiger partial charge in [0.1, 0.15) is 0 Å². The van der Waals surface area contributed by atoms with Gasteiger partial charge in [-0.15, -0.1) is 11.3 Å². The van der Waals surface area contributed by atoms with Crippen molar-refractivity contribution in [3.8, 4) is 0 Å². The molecule has 1 saturated heterocycles. The van der Waals surface area contributed by atoms with Gasteiger partial charge in [0.2, 0.25) is 10.0 Å². The van der Waals surface area contributed by atoms with Crippen LogP contribution in [0.3, 0.4) is 0 Å². The molecule has 7 nitrogen and oxygen atoms in total. The monoisotopic (exact) mass is 359 g/mol. The molecule has 23 heavy (non-hydrogen) atoms. The first-order valence-corrected chi connectivity index (χ1v) is 10.3. The smallest absolute Gasteiger partial charge is 0.214 e. The average Bonchev–Trinajstić information content (AvgIpc) is 3.12. The second-order valence-corrected chi connectivity index (χ2v) is 8.61. The van der Waals surface area contributed by atoms with Crippen LogP contribution in [0.4, 0.5) is 0 Å². The van der Waals surface area contributed by atoms with Crippen LogP contribution in [0.25, 0.3) is 0 Å². The predicted octanol–water partition coefficient (Wildman–Crippen LogP) is 0.449. The Balaban J connectivity index is 1.67. The Morgan fingerprint density at radius 3 is 2.83 bits per heavy atom. The molecule has 2 N–H and O–H groups in total. The van der Waals surface area contributed by atoms with Crippen molar-refractivity contribution in [2.24, 2.45) is 4.99 Å². The van der Waals surface area contributed by atoms with Gasteiger partial charge in [-0.1, -0.05) is 6.92 Å². The average molecular weight is 360 g/mol. The maximum Gasteiger partial charge on any atom is 0.214 e. The molecule has 2 heterocycles. The molecule has 2 rings (SSSR count). The van der Waals surface area contributed by atoms with E-state index in [0.29, 0.717) is 25.6 Å². The Morgan fingerprint density at radius 2 is 2.22 bits per heavy atom. The zero-order chi connectivity index (χ0) is 16.7. The van der Waals surface area contributed by atoms with Gasteiger partial charge >= 0.3 is 0 Å². The first-order chi connectivity index (χ1) is 11.0. The van der Waals surface area contributed by atoms with Gasteiger partial charge in [-0.2, -0.15) is 0 Å². The molecule has 0 bridgehead atoms. The van der Waals surface area contributed by atoms with Crippen molar-refractivity contribution in [3.63, 3.8) is 0 Å². The highest BCUT2D eigenvalue weighted by Crippen LogP contribution is 2.13. The maximum atomic E-state index is 11.7. The molecule has 9 heteroatoms. The lowest BCUT2D eigenvalue weighted by Crippen LogP contribution is -2.42. The van der Waals surface area contributed by atoms with E-state index in [9.17, 15) is 8.42 Å². The van der Waals surface area contributed by atoms with Crippen molar-refractivity contribution in [2.45, 2.75) is 26.2 Å². The molecule has 0 unspecified atom stereocenters. The first kappa shape index (κ1) is 18.2. The summed E-state index contributed by atoms with van der Waals surface area (Å²) in [7, 11) is -1.31. The summed E-state index contributed by atoms with van der Waals surface area (Å²) in [4.78, 5) is 9.84. The highest BCUT2D eigenvalue weighted by atomic mass is 32.2. The largest absolute Gasteiger partial charge is 0.356 e. The quantitative estimate of drug-likeness (QED) is 0.545. The number of thiazole rings is 1. The molecule has 1 fully saturated rings. The van der Waals surface area contributed by atoms with Gasteiger partial charge in [-0.25, -0.2) is 17.7 Å². The number of aromatic nitrogens is 1. The number of hydrogen-bond donors (Lipinski definition) is 2. The first-order valence-electron chi connectivity index (χ1n) is 7.91. The Labute approximate surface area is 142 Å². The SMILES string of the molecule is CCc1cnc(CCNC(=NC)NCCN2CCCS2(=O)=O)s1. The molecule has 0 aliphatic carbocycles. The molecule has 0 spiro atoms. The fourth-order valence-corrected chi connectivity index (χ4v) is 4.77. The van der Waals surface area contributed by atoms with Crippen LogP contribution < -0.4 is 10.6 Å². The molecule has 1 aromatic rings. The van der Waals surface area contributed by atoms with Gasteiger partial charge < -0.3 is 10.6 Å². The third-order valence-corrected chi connectivity index (χ3v) is 6.82. The summed E-state index contributed by atoms with van der Waals surface area (Å²) < 4.78 is 25.0. The van der Waals surface area contributed by atoms with Crippen molar-refractivity contribution in [3.05, 3.63) is 16.1 Å². The lowest BCUT2D eigenvalue weighted by atomic mass is 10.4. The van der Waals surface area contributed by atoms with Gasteiger partial charge in [-0.3, -0.25) is 4.99 Å².